The SMILES string of the molecule is CCCNC(=O)CN(C)C(=O)CCCC(C)N. The van der Waals surface area contributed by atoms with Crippen molar-refractivity contribution in [1.29, 1.82) is 0 Å². The summed E-state index contributed by atoms with van der Waals surface area (Å²) in [5, 5.41) is 2.74. The summed E-state index contributed by atoms with van der Waals surface area (Å²) in [6.45, 7) is 4.71. The highest BCUT2D eigenvalue weighted by Gasteiger charge is 2.12. The van der Waals surface area contributed by atoms with Crippen LogP contribution < -0.4 is 11.1 Å². The van der Waals surface area contributed by atoms with Crippen molar-refractivity contribution in [3.05, 3.63) is 0 Å². The lowest BCUT2D eigenvalue weighted by Crippen LogP contribution is -2.38. The quantitative estimate of drug-likeness (QED) is 0.651. The maximum absolute atomic E-state index is 11.6. The third kappa shape index (κ3) is 8.68. The van der Waals surface area contributed by atoms with Crippen molar-refractivity contribution in [2.24, 2.45) is 5.73 Å². The molecule has 0 aromatic heterocycles. The Bertz CT molecular complexity index is 242. The predicted molar refractivity (Wildman–Crippen MR) is 68.4 cm³/mol. The Balaban J connectivity index is 3.77. The third-order valence-corrected chi connectivity index (χ3v) is 2.43. The minimum Gasteiger partial charge on any atom is -0.355 e. The van der Waals surface area contributed by atoms with E-state index in [1.54, 1.807) is 7.05 Å². The van der Waals surface area contributed by atoms with Crippen LogP contribution in [0.4, 0.5) is 0 Å². The Kier molecular flexibility index (Phi) is 8.40. The summed E-state index contributed by atoms with van der Waals surface area (Å²) in [7, 11) is 1.65. The lowest BCUT2D eigenvalue weighted by atomic mass is 10.1. The van der Waals surface area contributed by atoms with Gasteiger partial charge in [0.25, 0.3) is 0 Å². The average Bonchev–Trinajstić information content (AvgIpc) is 2.25. The van der Waals surface area contributed by atoms with Crippen LogP contribution in [0, 0.1) is 0 Å². The molecule has 17 heavy (non-hydrogen) atoms. The highest BCUT2D eigenvalue weighted by atomic mass is 16.2. The van der Waals surface area contributed by atoms with Crippen LogP contribution in [0.1, 0.15) is 39.5 Å². The van der Waals surface area contributed by atoms with Gasteiger partial charge < -0.3 is 16.0 Å². The number of hydrogen-bond acceptors (Lipinski definition) is 3. The first kappa shape index (κ1) is 15.9. The molecule has 0 rings (SSSR count). The van der Waals surface area contributed by atoms with Crippen molar-refractivity contribution in [3.8, 4) is 0 Å². The Morgan fingerprint density at radius 1 is 1.41 bits per heavy atom. The van der Waals surface area contributed by atoms with E-state index >= 15 is 0 Å². The van der Waals surface area contributed by atoms with Crippen molar-refractivity contribution in [1.82, 2.24) is 10.2 Å². The second kappa shape index (κ2) is 8.98. The standard InChI is InChI=1S/C12H25N3O2/c1-4-8-14-11(16)9-15(3)12(17)7-5-6-10(2)13/h10H,4-9,13H2,1-3H3,(H,14,16). The third-order valence-electron chi connectivity index (χ3n) is 2.43. The molecule has 5 heteroatoms. The zero-order valence-corrected chi connectivity index (χ0v) is 11.2. The number of carbonyl (C=O) groups is 2. The van der Waals surface area contributed by atoms with Crippen molar-refractivity contribution in [2.75, 3.05) is 20.1 Å². The Hall–Kier alpha value is -1.10. The van der Waals surface area contributed by atoms with Crippen molar-refractivity contribution < 1.29 is 9.59 Å². The molecular formula is C12H25N3O2. The van der Waals surface area contributed by atoms with Gasteiger partial charge in [0.05, 0.1) is 6.54 Å². The van der Waals surface area contributed by atoms with Gasteiger partial charge in [-0.2, -0.15) is 0 Å². The number of likely N-dealkylation sites (N-methyl/N-ethyl adjacent to an activating group) is 1. The number of carbonyl (C=O) groups excluding carboxylic acids is 2. The number of hydrogen-bond donors (Lipinski definition) is 2. The van der Waals surface area contributed by atoms with Gasteiger partial charge in [-0.05, 0) is 26.2 Å². The molecule has 0 aliphatic rings. The number of rotatable bonds is 8. The number of nitrogens with one attached hydrogen (secondary N) is 1. The molecule has 0 saturated carbocycles. The first-order valence-electron chi connectivity index (χ1n) is 6.23. The van der Waals surface area contributed by atoms with Gasteiger partial charge in [0.2, 0.25) is 11.8 Å². The van der Waals surface area contributed by atoms with Crippen molar-refractivity contribution >= 4 is 11.8 Å². The van der Waals surface area contributed by atoms with Crippen LogP contribution in [0.25, 0.3) is 0 Å². The minimum atomic E-state index is -0.102. The Labute approximate surface area is 104 Å². The molecule has 0 aromatic rings. The summed E-state index contributed by atoms with van der Waals surface area (Å²) in [5.74, 6) is -0.104. The molecule has 0 spiro atoms. The molecule has 0 aliphatic carbocycles. The van der Waals surface area contributed by atoms with E-state index < -0.39 is 0 Å². The summed E-state index contributed by atoms with van der Waals surface area (Å²) < 4.78 is 0. The smallest absolute Gasteiger partial charge is 0.239 e. The highest BCUT2D eigenvalue weighted by molar-refractivity contribution is 5.84. The van der Waals surface area contributed by atoms with Crippen LogP contribution in [0.15, 0.2) is 0 Å². The van der Waals surface area contributed by atoms with Crippen LogP contribution in [-0.4, -0.2) is 42.9 Å². The maximum atomic E-state index is 11.6. The molecule has 0 radical (unpaired) electrons. The molecule has 5 nitrogen and oxygen atoms in total. The molecule has 0 aromatic carbocycles. The van der Waals surface area contributed by atoms with Crippen molar-refractivity contribution in [3.63, 3.8) is 0 Å². The highest BCUT2D eigenvalue weighted by Crippen LogP contribution is 2.01. The summed E-state index contributed by atoms with van der Waals surface area (Å²) in [5.41, 5.74) is 5.60. The van der Waals surface area contributed by atoms with E-state index in [0.717, 1.165) is 19.3 Å². The van der Waals surface area contributed by atoms with E-state index in [0.29, 0.717) is 13.0 Å². The van der Waals surface area contributed by atoms with Crippen LogP contribution in [0.2, 0.25) is 0 Å². The molecule has 3 N–H and O–H groups in total. The molecular weight excluding hydrogens is 218 g/mol. The molecule has 100 valence electrons. The lowest BCUT2D eigenvalue weighted by molar-refractivity contribution is -0.134. The van der Waals surface area contributed by atoms with E-state index in [4.69, 9.17) is 5.73 Å². The summed E-state index contributed by atoms with van der Waals surface area (Å²) in [6, 6.07) is 0.126. The first-order chi connectivity index (χ1) is 7.97. The van der Waals surface area contributed by atoms with Crippen molar-refractivity contribution in [2.45, 2.75) is 45.6 Å². The Morgan fingerprint density at radius 2 is 2.06 bits per heavy atom. The van der Waals surface area contributed by atoms with E-state index in [1.165, 1.54) is 4.90 Å². The second-order valence-corrected chi connectivity index (χ2v) is 4.47. The minimum absolute atomic E-state index is 0.00250. The number of amides is 2. The van der Waals surface area contributed by atoms with Crippen LogP contribution in [0.5, 0.6) is 0 Å². The molecule has 1 atom stereocenters. The van der Waals surface area contributed by atoms with Crippen LogP contribution >= 0.6 is 0 Å². The van der Waals surface area contributed by atoms with Gasteiger partial charge in [-0.1, -0.05) is 6.92 Å². The van der Waals surface area contributed by atoms with Gasteiger partial charge in [0.15, 0.2) is 0 Å². The van der Waals surface area contributed by atoms with E-state index in [9.17, 15) is 9.59 Å². The molecule has 0 heterocycles. The van der Waals surface area contributed by atoms with E-state index in [1.807, 2.05) is 13.8 Å². The van der Waals surface area contributed by atoms with Crippen LogP contribution in [0.3, 0.4) is 0 Å². The monoisotopic (exact) mass is 243 g/mol. The second-order valence-electron chi connectivity index (χ2n) is 4.47. The van der Waals surface area contributed by atoms with Gasteiger partial charge in [-0.15, -0.1) is 0 Å². The van der Waals surface area contributed by atoms with Gasteiger partial charge in [0.1, 0.15) is 0 Å². The first-order valence-corrected chi connectivity index (χ1v) is 6.23. The zero-order valence-electron chi connectivity index (χ0n) is 11.2. The zero-order chi connectivity index (χ0) is 13.3. The molecule has 1 unspecified atom stereocenters. The van der Waals surface area contributed by atoms with Gasteiger partial charge in [0, 0.05) is 26.1 Å². The van der Waals surface area contributed by atoms with Gasteiger partial charge in [-0.25, -0.2) is 0 Å². The van der Waals surface area contributed by atoms with E-state index in [-0.39, 0.29) is 24.4 Å². The van der Waals surface area contributed by atoms with Gasteiger partial charge in [-0.3, -0.25) is 9.59 Å². The Morgan fingerprint density at radius 3 is 2.59 bits per heavy atom. The summed E-state index contributed by atoms with van der Waals surface area (Å²) in [6.07, 6.45) is 2.97. The lowest BCUT2D eigenvalue weighted by Gasteiger charge is -2.16. The fourth-order valence-corrected chi connectivity index (χ4v) is 1.39. The molecule has 0 saturated heterocycles. The molecule has 2 amide bonds. The average molecular weight is 243 g/mol. The number of nitrogens with zero attached hydrogens (tertiary/aromatic N) is 1. The number of nitrogens with two attached hydrogens (primary N) is 1. The molecule has 0 aliphatic heterocycles. The topological polar surface area (TPSA) is 75.4 Å². The molecule has 0 fully saturated rings. The fraction of sp³-hybridized carbons (Fsp3) is 0.833. The maximum Gasteiger partial charge on any atom is 0.239 e. The van der Waals surface area contributed by atoms with Crippen LogP contribution in [-0.2, 0) is 9.59 Å². The fourth-order valence-electron chi connectivity index (χ4n) is 1.39. The summed E-state index contributed by atoms with van der Waals surface area (Å²) >= 11 is 0. The largest absolute Gasteiger partial charge is 0.355 e. The molecule has 0 bridgehead atoms. The van der Waals surface area contributed by atoms with E-state index in [2.05, 4.69) is 5.32 Å². The predicted octanol–water partition coefficient (Wildman–Crippen LogP) is 0.489. The van der Waals surface area contributed by atoms with Gasteiger partial charge >= 0.3 is 0 Å². The summed E-state index contributed by atoms with van der Waals surface area (Å²) in [4.78, 5) is 24.5. The normalized spacial score (nSPS) is 12.0.